The van der Waals surface area contributed by atoms with Crippen molar-refractivity contribution < 1.29 is 19.4 Å². The van der Waals surface area contributed by atoms with Gasteiger partial charge in [0.05, 0.1) is 0 Å². The normalized spacial score (nSPS) is 15.7. The Bertz CT molecular complexity index is 590. The Morgan fingerprint density at radius 2 is 1.92 bits per heavy atom. The molecule has 0 unspecified atom stereocenters. The third-order valence-electron chi connectivity index (χ3n) is 3.59. The fourth-order valence-corrected chi connectivity index (χ4v) is 2.47. The molecule has 3 amide bonds. The number of piperidine rings is 1. The summed E-state index contributed by atoms with van der Waals surface area (Å²) in [6, 6.07) is 6.05. The van der Waals surface area contributed by atoms with Crippen molar-refractivity contribution in [1.82, 2.24) is 10.2 Å². The van der Waals surface area contributed by atoms with Crippen LogP contribution < -0.4 is 10.6 Å². The largest absolute Gasteiger partial charge is 0.508 e. The maximum Gasteiger partial charge on any atom is 0.410 e. The van der Waals surface area contributed by atoms with E-state index in [9.17, 15) is 14.7 Å². The summed E-state index contributed by atoms with van der Waals surface area (Å²) in [6.45, 7) is 6.61. The predicted molar refractivity (Wildman–Crippen MR) is 91.1 cm³/mol. The van der Waals surface area contributed by atoms with E-state index in [1.54, 1.807) is 17.0 Å². The molecule has 1 heterocycles. The Balaban J connectivity index is 1.76. The maximum atomic E-state index is 12.0. The summed E-state index contributed by atoms with van der Waals surface area (Å²) < 4.78 is 5.35. The molecule has 1 aromatic rings. The summed E-state index contributed by atoms with van der Waals surface area (Å²) >= 11 is 0. The lowest BCUT2D eigenvalue weighted by molar-refractivity contribution is 0.0202. The number of likely N-dealkylation sites (tertiary alicyclic amines) is 1. The minimum absolute atomic E-state index is 0.000922. The van der Waals surface area contributed by atoms with E-state index in [1.807, 2.05) is 20.8 Å². The van der Waals surface area contributed by atoms with Crippen LogP contribution in [0.4, 0.5) is 15.3 Å². The molecular weight excluding hydrogens is 310 g/mol. The number of phenolic OH excluding ortho intramolecular Hbond substituents is 1. The molecule has 0 saturated carbocycles. The van der Waals surface area contributed by atoms with E-state index < -0.39 is 5.60 Å². The number of anilines is 1. The molecule has 24 heavy (non-hydrogen) atoms. The first kappa shape index (κ1) is 17.9. The van der Waals surface area contributed by atoms with Crippen molar-refractivity contribution >= 4 is 17.8 Å². The second kappa shape index (κ2) is 7.42. The molecule has 0 atom stereocenters. The SMILES string of the molecule is CC(C)(C)OC(=O)N1CCC(NC(=O)Nc2cccc(O)c2)CC1. The Morgan fingerprint density at radius 3 is 2.50 bits per heavy atom. The molecule has 2 rings (SSSR count). The van der Waals surface area contributed by atoms with Crippen molar-refractivity contribution in [3.63, 3.8) is 0 Å². The van der Waals surface area contributed by atoms with E-state index in [2.05, 4.69) is 10.6 Å². The van der Waals surface area contributed by atoms with Gasteiger partial charge in [0.1, 0.15) is 11.4 Å². The lowest BCUT2D eigenvalue weighted by Gasteiger charge is -2.33. The molecule has 0 aromatic heterocycles. The standard InChI is InChI=1S/C17H25N3O4/c1-17(2,3)24-16(23)20-9-7-12(8-10-20)18-15(22)19-13-5-4-6-14(21)11-13/h4-6,11-12,21H,7-10H2,1-3H3,(H2,18,19,22). The van der Waals surface area contributed by atoms with Crippen LogP contribution in [0.25, 0.3) is 0 Å². The van der Waals surface area contributed by atoms with Crippen LogP contribution in [0.3, 0.4) is 0 Å². The zero-order valence-corrected chi connectivity index (χ0v) is 14.3. The third kappa shape index (κ3) is 5.64. The minimum Gasteiger partial charge on any atom is -0.508 e. The van der Waals surface area contributed by atoms with Crippen LogP contribution in [0.1, 0.15) is 33.6 Å². The zero-order chi connectivity index (χ0) is 17.7. The molecule has 0 spiro atoms. The number of carbonyl (C=O) groups excluding carboxylic acids is 2. The summed E-state index contributed by atoms with van der Waals surface area (Å²) in [5.41, 5.74) is 0.0199. The van der Waals surface area contributed by atoms with E-state index in [1.165, 1.54) is 12.1 Å². The number of benzene rings is 1. The van der Waals surface area contributed by atoms with Gasteiger partial charge in [0, 0.05) is 30.9 Å². The monoisotopic (exact) mass is 335 g/mol. The number of hydrogen-bond donors (Lipinski definition) is 3. The van der Waals surface area contributed by atoms with E-state index in [0.717, 1.165) is 0 Å². The fraction of sp³-hybridized carbons (Fsp3) is 0.529. The Kier molecular flexibility index (Phi) is 5.54. The summed E-state index contributed by atoms with van der Waals surface area (Å²) in [6.07, 6.45) is 1.03. The molecule has 0 aliphatic carbocycles. The smallest absolute Gasteiger partial charge is 0.410 e. The van der Waals surface area contributed by atoms with Crippen molar-refractivity contribution in [3.05, 3.63) is 24.3 Å². The van der Waals surface area contributed by atoms with Crippen LogP contribution in [0.5, 0.6) is 5.75 Å². The molecule has 1 aliphatic heterocycles. The van der Waals surface area contributed by atoms with Crippen molar-refractivity contribution in [1.29, 1.82) is 0 Å². The van der Waals surface area contributed by atoms with Crippen LogP contribution in [-0.4, -0.2) is 46.9 Å². The zero-order valence-electron chi connectivity index (χ0n) is 14.3. The van der Waals surface area contributed by atoms with Gasteiger partial charge in [0.15, 0.2) is 0 Å². The number of rotatable bonds is 2. The second-order valence-corrected chi connectivity index (χ2v) is 6.89. The molecule has 7 heteroatoms. The third-order valence-corrected chi connectivity index (χ3v) is 3.59. The molecule has 0 bridgehead atoms. The van der Waals surface area contributed by atoms with Gasteiger partial charge in [-0.05, 0) is 45.7 Å². The van der Waals surface area contributed by atoms with Crippen molar-refractivity contribution in [3.8, 4) is 5.75 Å². The van der Waals surface area contributed by atoms with Crippen molar-refractivity contribution in [2.75, 3.05) is 18.4 Å². The summed E-state index contributed by atoms with van der Waals surface area (Å²) in [7, 11) is 0. The van der Waals surface area contributed by atoms with E-state index >= 15 is 0 Å². The van der Waals surface area contributed by atoms with Crippen LogP contribution in [0.15, 0.2) is 24.3 Å². The average molecular weight is 335 g/mol. The van der Waals surface area contributed by atoms with Gasteiger partial charge in [-0.25, -0.2) is 9.59 Å². The van der Waals surface area contributed by atoms with E-state index in [4.69, 9.17) is 4.74 Å². The highest BCUT2D eigenvalue weighted by atomic mass is 16.6. The van der Waals surface area contributed by atoms with Gasteiger partial charge in [0.25, 0.3) is 0 Å². The number of nitrogens with zero attached hydrogens (tertiary/aromatic N) is 1. The number of ether oxygens (including phenoxy) is 1. The molecule has 132 valence electrons. The molecule has 7 nitrogen and oxygen atoms in total. The van der Waals surface area contributed by atoms with Gasteiger partial charge in [0.2, 0.25) is 0 Å². The molecule has 1 aliphatic rings. The van der Waals surface area contributed by atoms with Gasteiger partial charge in [-0.3, -0.25) is 0 Å². The van der Waals surface area contributed by atoms with Crippen LogP contribution in [0, 0.1) is 0 Å². The molecule has 1 fully saturated rings. The molecule has 1 saturated heterocycles. The Morgan fingerprint density at radius 1 is 1.25 bits per heavy atom. The highest BCUT2D eigenvalue weighted by Gasteiger charge is 2.27. The van der Waals surface area contributed by atoms with Crippen molar-refractivity contribution in [2.24, 2.45) is 0 Å². The number of carbonyl (C=O) groups is 2. The number of urea groups is 1. The van der Waals surface area contributed by atoms with Gasteiger partial charge in [-0.2, -0.15) is 0 Å². The first-order valence-corrected chi connectivity index (χ1v) is 8.07. The number of aromatic hydroxyl groups is 1. The van der Waals surface area contributed by atoms with Crippen LogP contribution in [0.2, 0.25) is 0 Å². The lowest BCUT2D eigenvalue weighted by atomic mass is 10.1. The molecule has 1 aromatic carbocycles. The maximum absolute atomic E-state index is 12.0. The van der Waals surface area contributed by atoms with E-state index in [0.29, 0.717) is 31.6 Å². The van der Waals surface area contributed by atoms with Gasteiger partial charge >= 0.3 is 12.1 Å². The first-order chi connectivity index (χ1) is 11.2. The number of nitrogens with one attached hydrogen (secondary N) is 2. The van der Waals surface area contributed by atoms with Gasteiger partial charge in [-0.15, -0.1) is 0 Å². The topological polar surface area (TPSA) is 90.9 Å². The first-order valence-electron chi connectivity index (χ1n) is 8.07. The highest BCUT2D eigenvalue weighted by molar-refractivity contribution is 5.89. The van der Waals surface area contributed by atoms with Crippen LogP contribution in [-0.2, 0) is 4.74 Å². The average Bonchev–Trinajstić information content (AvgIpc) is 2.46. The molecule has 3 N–H and O–H groups in total. The van der Waals surface area contributed by atoms with Crippen LogP contribution >= 0.6 is 0 Å². The molecular formula is C17H25N3O4. The van der Waals surface area contributed by atoms with Gasteiger partial charge < -0.3 is 25.4 Å². The summed E-state index contributed by atoms with van der Waals surface area (Å²) in [5.74, 6) is 0.0958. The summed E-state index contributed by atoms with van der Waals surface area (Å²) in [5, 5.41) is 15.0. The predicted octanol–water partition coefficient (Wildman–Crippen LogP) is 2.91. The Hall–Kier alpha value is -2.44. The van der Waals surface area contributed by atoms with Crippen molar-refractivity contribution in [2.45, 2.75) is 45.3 Å². The van der Waals surface area contributed by atoms with Gasteiger partial charge in [-0.1, -0.05) is 6.07 Å². The highest BCUT2D eigenvalue weighted by Crippen LogP contribution is 2.17. The number of phenols is 1. The quantitative estimate of drug-likeness (QED) is 0.775. The second-order valence-electron chi connectivity index (χ2n) is 6.89. The lowest BCUT2D eigenvalue weighted by Crippen LogP contribution is -2.48. The summed E-state index contributed by atoms with van der Waals surface area (Å²) in [4.78, 5) is 25.6. The van der Waals surface area contributed by atoms with E-state index in [-0.39, 0.29) is 23.9 Å². The molecule has 0 radical (unpaired) electrons. The minimum atomic E-state index is -0.507. The fourth-order valence-electron chi connectivity index (χ4n) is 2.47. The number of amides is 3. The number of hydrogen-bond acceptors (Lipinski definition) is 4. The Labute approximate surface area is 142 Å².